The van der Waals surface area contributed by atoms with Gasteiger partial charge in [0.15, 0.2) is 0 Å². The number of para-hydroxylation sites is 2. The zero-order valence-corrected chi connectivity index (χ0v) is 11.7. The molecule has 100 valence electrons. The van der Waals surface area contributed by atoms with Crippen LogP contribution in [-0.4, -0.2) is 7.05 Å². The normalized spacial score (nSPS) is 13.1. The molecule has 0 amide bonds. The van der Waals surface area contributed by atoms with E-state index in [0.29, 0.717) is 0 Å². The van der Waals surface area contributed by atoms with Gasteiger partial charge in [-0.1, -0.05) is 42.5 Å². The molecule has 0 bridgehead atoms. The lowest BCUT2D eigenvalue weighted by Gasteiger charge is -2.03. The molecule has 0 radical (unpaired) electrons. The third-order valence-corrected chi connectivity index (χ3v) is 3.47. The van der Waals surface area contributed by atoms with Crippen molar-refractivity contribution in [2.45, 2.75) is 6.92 Å². The first-order chi connectivity index (χ1) is 9.83. The molecule has 2 heteroatoms. The Bertz CT molecular complexity index is 859. The predicted octanol–water partition coefficient (Wildman–Crippen LogP) is 3.10. The Hall–Kier alpha value is -2.48. The summed E-state index contributed by atoms with van der Waals surface area (Å²) in [5, 5.41) is 5.50. The molecule has 0 saturated heterocycles. The lowest BCUT2D eigenvalue weighted by atomic mass is 10.1. The monoisotopic (exact) mass is 263 g/mol. The van der Waals surface area contributed by atoms with Gasteiger partial charge in [0, 0.05) is 28.9 Å². The largest absolute Gasteiger partial charge is 0.456 e. The number of furan rings is 1. The lowest BCUT2D eigenvalue weighted by Crippen LogP contribution is -2.19. The summed E-state index contributed by atoms with van der Waals surface area (Å²) < 4.78 is 5.98. The second-order valence-electron chi connectivity index (χ2n) is 4.65. The van der Waals surface area contributed by atoms with Crippen molar-refractivity contribution in [1.82, 2.24) is 0 Å². The fraction of sp³-hybridized carbons (Fsp3) is 0.111. The number of hydrogen-bond donors (Lipinski definition) is 1. The van der Waals surface area contributed by atoms with Gasteiger partial charge in [-0.2, -0.15) is 0 Å². The SMILES string of the molecule is C/C=c1\c(=C\c2ccccc2NC)oc2ccccc12. The van der Waals surface area contributed by atoms with Crippen LogP contribution in [0.4, 0.5) is 5.69 Å². The van der Waals surface area contributed by atoms with Crippen molar-refractivity contribution in [2.24, 2.45) is 0 Å². The Kier molecular flexibility index (Phi) is 3.30. The fourth-order valence-corrected chi connectivity index (χ4v) is 2.48. The minimum absolute atomic E-state index is 0.899. The van der Waals surface area contributed by atoms with E-state index in [9.17, 15) is 0 Å². The second kappa shape index (κ2) is 5.25. The molecule has 1 aromatic heterocycles. The summed E-state index contributed by atoms with van der Waals surface area (Å²) in [6.07, 6.45) is 4.18. The van der Waals surface area contributed by atoms with Crippen molar-refractivity contribution in [2.75, 3.05) is 12.4 Å². The van der Waals surface area contributed by atoms with Gasteiger partial charge < -0.3 is 9.73 Å². The maximum absolute atomic E-state index is 5.98. The van der Waals surface area contributed by atoms with E-state index in [2.05, 4.69) is 35.7 Å². The van der Waals surface area contributed by atoms with Crippen LogP contribution in [0.3, 0.4) is 0 Å². The maximum Gasteiger partial charge on any atom is 0.135 e. The molecule has 3 rings (SSSR count). The van der Waals surface area contributed by atoms with Crippen molar-refractivity contribution < 1.29 is 4.42 Å². The summed E-state index contributed by atoms with van der Waals surface area (Å²) in [7, 11) is 1.93. The minimum Gasteiger partial charge on any atom is -0.456 e. The summed E-state index contributed by atoms with van der Waals surface area (Å²) >= 11 is 0. The highest BCUT2D eigenvalue weighted by molar-refractivity contribution is 5.79. The van der Waals surface area contributed by atoms with Gasteiger partial charge >= 0.3 is 0 Å². The first kappa shape index (κ1) is 12.5. The standard InChI is InChI=1S/C18H17NO/c1-3-14-15-9-5-7-11-17(15)20-18(14)12-13-8-4-6-10-16(13)19-2/h3-12,19H,1-2H3/b14-3-,18-12-. The van der Waals surface area contributed by atoms with E-state index in [4.69, 9.17) is 4.42 Å². The van der Waals surface area contributed by atoms with Gasteiger partial charge in [0.1, 0.15) is 11.0 Å². The minimum atomic E-state index is 0.899. The zero-order chi connectivity index (χ0) is 13.9. The molecule has 3 aromatic rings. The van der Waals surface area contributed by atoms with Crippen molar-refractivity contribution in [3.05, 3.63) is 64.7 Å². The Morgan fingerprint density at radius 2 is 1.75 bits per heavy atom. The number of rotatable bonds is 2. The highest BCUT2D eigenvalue weighted by Crippen LogP contribution is 2.15. The van der Waals surface area contributed by atoms with Crippen LogP contribution in [0.5, 0.6) is 0 Å². The van der Waals surface area contributed by atoms with E-state index in [1.807, 2.05) is 44.3 Å². The van der Waals surface area contributed by atoms with Gasteiger partial charge in [0.2, 0.25) is 0 Å². The average molecular weight is 263 g/mol. The molecular weight excluding hydrogens is 246 g/mol. The predicted molar refractivity (Wildman–Crippen MR) is 85.2 cm³/mol. The molecular formula is C18H17NO. The van der Waals surface area contributed by atoms with Crippen LogP contribution >= 0.6 is 0 Å². The van der Waals surface area contributed by atoms with Crippen molar-refractivity contribution in [3.63, 3.8) is 0 Å². The highest BCUT2D eigenvalue weighted by Gasteiger charge is 2.02. The third kappa shape index (κ3) is 2.10. The summed E-state index contributed by atoms with van der Waals surface area (Å²) in [6, 6.07) is 16.3. The van der Waals surface area contributed by atoms with Gasteiger partial charge in [0.05, 0.1) is 0 Å². The van der Waals surface area contributed by atoms with Crippen molar-refractivity contribution in [3.8, 4) is 0 Å². The van der Waals surface area contributed by atoms with Crippen LogP contribution in [0.1, 0.15) is 12.5 Å². The van der Waals surface area contributed by atoms with Crippen LogP contribution in [-0.2, 0) is 0 Å². The topological polar surface area (TPSA) is 25.2 Å². The van der Waals surface area contributed by atoms with E-state index in [1.165, 1.54) is 0 Å². The molecule has 0 aliphatic carbocycles. The first-order valence-corrected chi connectivity index (χ1v) is 6.76. The molecule has 0 aliphatic heterocycles. The molecule has 0 saturated carbocycles. The van der Waals surface area contributed by atoms with Crippen LogP contribution in [0.2, 0.25) is 0 Å². The van der Waals surface area contributed by atoms with Crippen LogP contribution in [0.15, 0.2) is 52.9 Å². The van der Waals surface area contributed by atoms with Crippen LogP contribution < -0.4 is 16.0 Å². The average Bonchev–Trinajstić information content (AvgIpc) is 2.85. The molecule has 1 N–H and O–H groups in total. The summed E-state index contributed by atoms with van der Waals surface area (Å²) in [5.41, 5.74) is 4.04. The Morgan fingerprint density at radius 3 is 2.55 bits per heavy atom. The maximum atomic E-state index is 5.98. The Labute approximate surface area is 118 Å². The molecule has 0 fully saturated rings. The third-order valence-electron chi connectivity index (χ3n) is 3.47. The number of anilines is 1. The van der Waals surface area contributed by atoms with Gasteiger partial charge in [0.25, 0.3) is 0 Å². The van der Waals surface area contributed by atoms with Crippen molar-refractivity contribution >= 4 is 28.8 Å². The first-order valence-electron chi connectivity index (χ1n) is 6.76. The van der Waals surface area contributed by atoms with E-state index in [0.717, 1.165) is 32.9 Å². The molecule has 0 aliphatic rings. The smallest absolute Gasteiger partial charge is 0.135 e. The summed E-state index contributed by atoms with van der Waals surface area (Å²) in [5.74, 6) is 0. The van der Waals surface area contributed by atoms with Gasteiger partial charge in [-0.25, -0.2) is 0 Å². The summed E-state index contributed by atoms with van der Waals surface area (Å²) in [6.45, 7) is 2.04. The number of benzene rings is 2. The molecule has 2 aromatic carbocycles. The quantitative estimate of drug-likeness (QED) is 0.768. The molecule has 0 atom stereocenters. The van der Waals surface area contributed by atoms with Gasteiger partial charge in [-0.3, -0.25) is 0 Å². The summed E-state index contributed by atoms with van der Waals surface area (Å²) in [4.78, 5) is 0. The lowest BCUT2D eigenvalue weighted by molar-refractivity contribution is 0.575. The van der Waals surface area contributed by atoms with Crippen molar-refractivity contribution in [1.29, 1.82) is 0 Å². The number of hydrogen-bond acceptors (Lipinski definition) is 2. The molecule has 20 heavy (non-hydrogen) atoms. The molecule has 0 spiro atoms. The second-order valence-corrected chi connectivity index (χ2v) is 4.65. The highest BCUT2D eigenvalue weighted by atomic mass is 16.3. The van der Waals surface area contributed by atoms with E-state index >= 15 is 0 Å². The van der Waals surface area contributed by atoms with Gasteiger partial charge in [-0.15, -0.1) is 0 Å². The number of fused-ring (bicyclic) bond motifs is 1. The molecule has 0 unspecified atom stereocenters. The Morgan fingerprint density at radius 1 is 1.00 bits per heavy atom. The zero-order valence-electron chi connectivity index (χ0n) is 11.7. The number of nitrogens with one attached hydrogen (secondary N) is 1. The van der Waals surface area contributed by atoms with E-state index in [-0.39, 0.29) is 0 Å². The van der Waals surface area contributed by atoms with Crippen LogP contribution in [0, 0.1) is 0 Å². The fourth-order valence-electron chi connectivity index (χ4n) is 2.48. The van der Waals surface area contributed by atoms with Crippen LogP contribution in [0.25, 0.3) is 23.1 Å². The molecule has 2 nitrogen and oxygen atoms in total. The van der Waals surface area contributed by atoms with E-state index < -0.39 is 0 Å². The van der Waals surface area contributed by atoms with Gasteiger partial charge in [-0.05, 0) is 25.1 Å². The molecule has 1 heterocycles. The van der Waals surface area contributed by atoms with E-state index in [1.54, 1.807) is 0 Å². The Balaban J connectivity index is 2.32.